The smallest absolute Gasteiger partial charge is 0.387 e. The van der Waals surface area contributed by atoms with Crippen molar-refractivity contribution in [1.82, 2.24) is 4.31 Å². The molecule has 1 unspecified atom stereocenters. The van der Waals surface area contributed by atoms with Crippen LogP contribution in [0.5, 0.6) is 5.75 Å². The van der Waals surface area contributed by atoms with Crippen molar-refractivity contribution in [3.05, 3.63) is 23.2 Å². The number of aliphatic carboxylic acids is 1. The predicted molar refractivity (Wildman–Crippen MR) is 77.2 cm³/mol. The number of carboxylic acid groups (broad SMARTS) is 1. The van der Waals surface area contributed by atoms with Crippen molar-refractivity contribution in [2.45, 2.75) is 24.9 Å². The number of nitrogens with zero attached hydrogens (tertiary/aromatic N) is 1. The Labute approximate surface area is 136 Å². The largest absolute Gasteiger partial charge is 0.481 e. The number of ether oxygens (including phenoxy) is 1. The Morgan fingerprint density at radius 1 is 1.48 bits per heavy atom. The van der Waals surface area contributed by atoms with Crippen LogP contribution < -0.4 is 4.74 Å². The zero-order valence-electron chi connectivity index (χ0n) is 12.0. The summed E-state index contributed by atoms with van der Waals surface area (Å²) in [6.07, 6.45) is 0.182. The standard InChI is InChI=1S/C13H14ClF2NO5S/c1-13(11(18)19)4-5-17(7-13)23(20,21)8-2-3-10(9(14)6-8)22-12(15)16/h2-3,6,12H,4-5,7H2,1H3,(H,18,19). The maximum Gasteiger partial charge on any atom is 0.387 e. The van der Waals surface area contributed by atoms with Crippen LogP contribution in [0, 0.1) is 5.41 Å². The highest BCUT2D eigenvalue weighted by atomic mass is 35.5. The fraction of sp³-hybridized carbons (Fsp3) is 0.462. The van der Waals surface area contributed by atoms with Gasteiger partial charge in [-0.25, -0.2) is 8.42 Å². The van der Waals surface area contributed by atoms with Gasteiger partial charge in [0.2, 0.25) is 10.0 Å². The molecule has 2 rings (SSSR count). The molecule has 1 heterocycles. The van der Waals surface area contributed by atoms with Gasteiger partial charge < -0.3 is 9.84 Å². The van der Waals surface area contributed by atoms with Crippen LogP contribution in [0.2, 0.25) is 5.02 Å². The molecule has 0 aliphatic carbocycles. The molecule has 1 saturated heterocycles. The summed E-state index contributed by atoms with van der Waals surface area (Å²) in [5.74, 6) is -1.41. The van der Waals surface area contributed by atoms with Gasteiger partial charge >= 0.3 is 12.6 Å². The van der Waals surface area contributed by atoms with Gasteiger partial charge in [0.15, 0.2) is 0 Å². The second kappa shape index (κ2) is 6.21. The van der Waals surface area contributed by atoms with Crippen molar-refractivity contribution in [1.29, 1.82) is 0 Å². The highest BCUT2D eigenvalue weighted by Crippen LogP contribution is 2.35. The van der Waals surface area contributed by atoms with E-state index < -0.39 is 28.0 Å². The van der Waals surface area contributed by atoms with E-state index in [0.29, 0.717) is 0 Å². The van der Waals surface area contributed by atoms with Crippen LogP contribution in [0.1, 0.15) is 13.3 Å². The Balaban J connectivity index is 2.27. The lowest BCUT2D eigenvalue weighted by Gasteiger charge is -2.20. The van der Waals surface area contributed by atoms with Gasteiger partial charge in [-0.05, 0) is 31.5 Å². The van der Waals surface area contributed by atoms with Gasteiger partial charge in [0.1, 0.15) is 5.75 Å². The number of rotatable bonds is 5. The van der Waals surface area contributed by atoms with Gasteiger partial charge in [-0.1, -0.05) is 11.6 Å². The summed E-state index contributed by atoms with van der Waals surface area (Å²) >= 11 is 5.76. The molecule has 1 aromatic rings. The van der Waals surface area contributed by atoms with Gasteiger partial charge in [0, 0.05) is 13.1 Å². The number of hydrogen-bond donors (Lipinski definition) is 1. The van der Waals surface area contributed by atoms with Gasteiger partial charge in [-0.3, -0.25) is 4.79 Å². The predicted octanol–water partition coefficient (Wildman–Crippen LogP) is 2.43. The Hall–Kier alpha value is -1.45. The van der Waals surface area contributed by atoms with E-state index in [-0.39, 0.29) is 35.2 Å². The molecule has 0 amide bonds. The summed E-state index contributed by atoms with van der Waals surface area (Å²) < 4.78 is 54.6. The van der Waals surface area contributed by atoms with Gasteiger partial charge in [0.05, 0.1) is 15.3 Å². The fourth-order valence-electron chi connectivity index (χ4n) is 2.28. The van der Waals surface area contributed by atoms with Crippen LogP contribution in [0.3, 0.4) is 0 Å². The SMILES string of the molecule is CC1(C(=O)O)CCN(S(=O)(=O)c2ccc(OC(F)F)c(Cl)c2)C1. The van der Waals surface area contributed by atoms with E-state index in [1.807, 2.05) is 0 Å². The van der Waals surface area contributed by atoms with E-state index in [0.717, 1.165) is 22.5 Å². The molecule has 23 heavy (non-hydrogen) atoms. The van der Waals surface area contributed by atoms with E-state index in [1.165, 1.54) is 6.92 Å². The highest BCUT2D eigenvalue weighted by Gasteiger charge is 2.44. The van der Waals surface area contributed by atoms with Gasteiger partial charge in [0.25, 0.3) is 0 Å². The molecule has 1 atom stereocenters. The van der Waals surface area contributed by atoms with E-state index >= 15 is 0 Å². The second-order valence-corrected chi connectivity index (χ2v) is 7.77. The number of benzene rings is 1. The Morgan fingerprint density at radius 2 is 2.13 bits per heavy atom. The molecule has 0 aromatic heterocycles. The van der Waals surface area contributed by atoms with Gasteiger partial charge in [-0.2, -0.15) is 13.1 Å². The van der Waals surface area contributed by atoms with Crippen molar-refractivity contribution >= 4 is 27.6 Å². The van der Waals surface area contributed by atoms with Crippen molar-refractivity contribution in [2.75, 3.05) is 13.1 Å². The molecule has 10 heteroatoms. The van der Waals surface area contributed by atoms with Crippen molar-refractivity contribution in [2.24, 2.45) is 5.41 Å². The molecule has 1 fully saturated rings. The zero-order chi connectivity index (χ0) is 17.4. The first kappa shape index (κ1) is 17.9. The Bertz CT molecular complexity index is 727. The van der Waals surface area contributed by atoms with E-state index in [9.17, 15) is 22.0 Å². The van der Waals surface area contributed by atoms with Gasteiger partial charge in [-0.15, -0.1) is 0 Å². The molecule has 0 spiro atoms. The van der Waals surface area contributed by atoms with Crippen LogP contribution in [0.4, 0.5) is 8.78 Å². The highest BCUT2D eigenvalue weighted by molar-refractivity contribution is 7.89. The third-order valence-corrected chi connectivity index (χ3v) is 5.85. The number of hydrogen-bond acceptors (Lipinski definition) is 4. The number of sulfonamides is 1. The van der Waals surface area contributed by atoms with Crippen molar-refractivity contribution in [3.63, 3.8) is 0 Å². The third-order valence-electron chi connectivity index (χ3n) is 3.71. The minimum atomic E-state index is -3.97. The molecule has 0 bridgehead atoms. The van der Waals surface area contributed by atoms with Crippen LogP contribution >= 0.6 is 11.6 Å². The zero-order valence-corrected chi connectivity index (χ0v) is 13.6. The quantitative estimate of drug-likeness (QED) is 0.861. The first-order chi connectivity index (χ1) is 10.6. The third kappa shape index (κ3) is 3.56. The first-order valence-corrected chi connectivity index (χ1v) is 8.36. The minimum absolute atomic E-state index is 0.0536. The summed E-state index contributed by atoms with van der Waals surface area (Å²) in [6.45, 7) is -1.72. The molecule has 0 saturated carbocycles. The number of alkyl halides is 2. The minimum Gasteiger partial charge on any atom is -0.481 e. The maximum atomic E-state index is 12.5. The molecule has 1 aliphatic rings. The number of halogens is 3. The maximum absolute atomic E-state index is 12.5. The lowest BCUT2D eigenvalue weighted by molar-refractivity contribution is -0.146. The van der Waals surface area contributed by atoms with Crippen LogP contribution in [-0.2, 0) is 14.8 Å². The molecule has 1 aliphatic heterocycles. The monoisotopic (exact) mass is 369 g/mol. The molecular formula is C13H14ClF2NO5S. The average Bonchev–Trinajstić information content (AvgIpc) is 2.85. The van der Waals surface area contributed by atoms with Crippen molar-refractivity contribution in [3.8, 4) is 5.75 Å². The van der Waals surface area contributed by atoms with Crippen LogP contribution in [-0.4, -0.2) is 43.5 Å². The van der Waals surface area contributed by atoms with E-state index in [2.05, 4.69) is 4.74 Å². The number of carbonyl (C=O) groups is 1. The van der Waals surface area contributed by atoms with Crippen LogP contribution in [0.15, 0.2) is 23.1 Å². The molecule has 6 nitrogen and oxygen atoms in total. The molecule has 1 aromatic carbocycles. The molecule has 1 N–H and O–H groups in total. The summed E-state index contributed by atoms with van der Waals surface area (Å²) in [5.41, 5.74) is -1.16. The van der Waals surface area contributed by atoms with E-state index in [1.54, 1.807) is 0 Å². The Morgan fingerprint density at radius 3 is 2.61 bits per heavy atom. The second-order valence-electron chi connectivity index (χ2n) is 5.43. The fourth-order valence-corrected chi connectivity index (χ4v) is 4.16. The molecular weight excluding hydrogens is 356 g/mol. The summed E-state index contributed by atoms with van der Waals surface area (Å²) in [5, 5.41) is 8.89. The summed E-state index contributed by atoms with van der Waals surface area (Å²) in [6, 6.07) is 3.13. The van der Waals surface area contributed by atoms with Crippen molar-refractivity contribution < 1.29 is 31.8 Å². The molecule has 128 valence electrons. The average molecular weight is 370 g/mol. The topological polar surface area (TPSA) is 83.9 Å². The first-order valence-electron chi connectivity index (χ1n) is 6.54. The lowest BCUT2D eigenvalue weighted by Crippen LogP contribution is -2.34. The lowest BCUT2D eigenvalue weighted by atomic mass is 9.90. The number of carboxylic acids is 1. The summed E-state index contributed by atoms with van der Waals surface area (Å²) in [7, 11) is -3.97. The molecule has 0 radical (unpaired) electrons. The Kier molecular flexibility index (Phi) is 4.84. The summed E-state index contributed by atoms with van der Waals surface area (Å²) in [4.78, 5) is 11.0. The normalized spacial score (nSPS) is 22.5. The van der Waals surface area contributed by atoms with E-state index in [4.69, 9.17) is 16.7 Å². The van der Waals surface area contributed by atoms with Crippen LogP contribution in [0.25, 0.3) is 0 Å².